The Hall–Kier alpha value is -2.32. The maximum atomic E-state index is 6.07. The van der Waals surface area contributed by atoms with Crippen LogP contribution < -0.4 is 10.6 Å². The van der Waals surface area contributed by atoms with Crippen molar-refractivity contribution in [3.63, 3.8) is 0 Å². The fourth-order valence-electron chi connectivity index (χ4n) is 2.04. The number of rotatable bonds is 5. The molecular formula is C15H16ClN7S. The molecule has 0 bridgehead atoms. The molecular weight excluding hydrogens is 346 g/mol. The third-order valence-electron chi connectivity index (χ3n) is 3.11. The van der Waals surface area contributed by atoms with Crippen LogP contribution in [0.25, 0.3) is 5.69 Å². The van der Waals surface area contributed by atoms with Crippen molar-refractivity contribution in [2.75, 3.05) is 24.7 Å². The number of aromatic nitrogens is 5. The first-order valence-corrected chi connectivity index (χ1v) is 8.49. The Bertz CT molecular complexity index is 849. The van der Waals surface area contributed by atoms with Crippen molar-refractivity contribution in [2.24, 2.45) is 0 Å². The quantitative estimate of drug-likeness (QED) is 0.699. The van der Waals surface area contributed by atoms with Gasteiger partial charge in [0.05, 0.1) is 5.75 Å². The number of thioether (sulfide) groups is 1. The number of halogens is 1. The Morgan fingerprint density at radius 1 is 1.25 bits per heavy atom. The van der Waals surface area contributed by atoms with Crippen LogP contribution in [0, 0.1) is 0 Å². The third-order valence-corrected chi connectivity index (χ3v) is 4.31. The van der Waals surface area contributed by atoms with E-state index in [-0.39, 0.29) is 5.95 Å². The van der Waals surface area contributed by atoms with E-state index in [2.05, 4.69) is 19.9 Å². The average molecular weight is 362 g/mol. The van der Waals surface area contributed by atoms with E-state index in [1.54, 1.807) is 11.1 Å². The summed E-state index contributed by atoms with van der Waals surface area (Å²) in [4.78, 5) is 18.8. The highest BCUT2D eigenvalue weighted by atomic mass is 35.5. The molecule has 0 saturated heterocycles. The topological polar surface area (TPSA) is 85.8 Å². The molecule has 124 valence electrons. The highest BCUT2D eigenvalue weighted by molar-refractivity contribution is 7.98. The zero-order valence-corrected chi connectivity index (χ0v) is 14.8. The summed E-state index contributed by atoms with van der Waals surface area (Å²) in [6.07, 6.45) is 3.64. The number of hydrogen-bond acceptors (Lipinski definition) is 7. The smallest absolute Gasteiger partial charge is 0.229 e. The molecule has 24 heavy (non-hydrogen) atoms. The second-order valence-corrected chi connectivity index (χ2v) is 6.53. The van der Waals surface area contributed by atoms with Crippen molar-refractivity contribution < 1.29 is 0 Å². The highest BCUT2D eigenvalue weighted by Crippen LogP contribution is 2.24. The van der Waals surface area contributed by atoms with E-state index in [4.69, 9.17) is 17.3 Å². The van der Waals surface area contributed by atoms with Crippen LogP contribution >= 0.6 is 23.4 Å². The standard InChI is InChI=1S/C15H16ClN7S/c1-22(2)14-20-12(19-13(17)21-14)9-24-15-18-6-7-23(15)11-5-3-4-10(16)8-11/h3-8H,9H2,1-2H3,(H2,17,19,20,21). The van der Waals surface area contributed by atoms with Gasteiger partial charge in [-0.25, -0.2) is 4.98 Å². The van der Waals surface area contributed by atoms with Crippen molar-refractivity contribution in [3.05, 3.63) is 47.5 Å². The van der Waals surface area contributed by atoms with E-state index in [1.807, 2.05) is 49.1 Å². The zero-order chi connectivity index (χ0) is 17.1. The minimum atomic E-state index is 0.211. The van der Waals surface area contributed by atoms with Crippen LogP contribution in [0.3, 0.4) is 0 Å². The van der Waals surface area contributed by atoms with Crippen LogP contribution in [0.1, 0.15) is 5.82 Å². The van der Waals surface area contributed by atoms with Gasteiger partial charge in [-0.1, -0.05) is 29.4 Å². The molecule has 0 aliphatic heterocycles. The van der Waals surface area contributed by atoms with Crippen LogP contribution in [0.2, 0.25) is 5.02 Å². The maximum Gasteiger partial charge on any atom is 0.229 e. The molecule has 3 aromatic rings. The lowest BCUT2D eigenvalue weighted by molar-refractivity contribution is 0.886. The molecule has 0 radical (unpaired) electrons. The fraction of sp³-hybridized carbons (Fsp3) is 0.200. The van der Waals surface area contributed by atoms with Gasteiger partial charge in [-0.15, -0.1) is 0 Å². The Morgan fingerprint density at radius 3 is 2.83 bits per heavy atom. The SMILES string of the molecule is CN(C)c1nc(N)nc(CSc2nccn2-c2cccc(Cl)c2)n1. The molecule has 9 heteroatoms. The van der Waals surface area contributed by atoms with E-state index in [1.165, 1.54) is 11.8 Å². The molecule has 0 saturated carbocycles. The van der Waals surface area contributed by atoms with E-state index in [0.29, 0.717) is 22.5 Å². The molecule has 2 aromatic heterocycles. The summed E-state index contributed by atoms with van der Waals surface area (Å²) < 4.78 is 1.97. The molecule has 3 rings (SSSR count). The molecule has 2 heterocycles. The van der Waals surface area contributed by atoms with Crippen LogP contribution in [0.15, 0.2) is 41.8 Å². The van der Waals surface area contributed by atoms with Gasteiger partial charge in [0, 0.05) is 37.2 Å². The number of hydrogen-bond donors (Lipinski definition) is 1. The van der Waals surface area contributed by atoms with Gasteiger partial charge in [0.2, 0.25) is 11.9 Å². The lowest BCUT2D eigenvalue weighted by atomic mass is 10.3. The third kappa shape index (κ3) is 3.77. The van der Waals surface area contributed by atoms with Crippen molar-refractivity contribution >= 4 is 35.3 Å². The van der Waals surface area contributed by atoms with Gasteiger partial charge >= 0.3 is 0 Å². The van der Waals surface area contributed by atoms with E-state index < -0.39 is 0 Å². The van der Waals surface area contributed by atoms with E-state index in [9.17, 15) is 0 Å². The monoisotopic (exact) mass is 361 g/mol. The molecule has 0 amide bonds. The van der Waals surface area contributed by atoms with Gasteiger partial charge in [-0.05, 0) is 18.2 Å². The molecule has 0 atom stereocenters. The predicted molar refractivity (Wildman–Crippen MR) is 96.7 cm³/mol. The van der Waals surface area contributed by atoms with Crippen molar-refractivity contribution in [1.82, 2.24) is 24.5 Å². The Morgan fingerprint density at radius 2 is 2.08 bits per heavy atom. The normalized spacial score (nSPS) is 10.8. The van der Waals surface area contributed by atoms with Gasteiger partial charge < -0.3 is 10.6 Å². The first-order valence-electron chi connectivity index (χ1n) is 7.13. The van der Waals surface area contributed by atoms with Gasteiger partial charge in [0.25, 0.3) is 0 Å². The average Bonchev–Trinajstić information content (AvgIpc) is 3.01. The second-order valence-electron chi connectivity index (χ2n) is 5.15. The number of nitrogen functional groups attached to an aromatic ring is 1. The minimum absolute atomic E-state index is 0.211. The molecule has 0 unspecified atom stereocenters. The lowest BCUT2D eigenvalue weighted by Crippen LogP contribution is -2.16. The Balaban J connectivity index is 1.80. The summed E-state index contributed by atoms with van der Waals surface area (Å²) in [7, 11) is 3.72. The first-order chi connectivity index (χ1) is 11.5. The van der Waals surface area contributed by atoms with E-state index in [0.717, 1.165) is 10.8 Å². The van der Waals surface area contributed by atoms with E-state index >= 15 is 0 Å². The number of nitrogens with zero attached hydrogens (tertiary/aromatic N) is 6. The molecule has 0 aliphatic rings. The summed E-state index contributed by atoms with van der Waals surface area (Å²) in [5.41, 5.74) is 6.70. The van der Waals surface area contributed by atoms with Crippen molar-refractivity contribution in [2.45, 2.75) is 10.9 Å². The molecule has 0 fully saturated rings. The molecule has 2 N–H and O–H groups in total. The first kappa shape index (κ1) is 16.5. The van der Waals surface area contributed by atoms with Gasteiger partial charge in [-0.3, -0.25) is 4.57 Å². The zero-order valence-electron chi connectivity index (χ0n) is 13.2. The molecule has 1 aromatic carbocycles. The van der Waals surface area contributed by atoms with Gasteiger partial charge in [0.1, 0.15) is 5.82 Å². The molecule has 7 nitrogen and oxygen atoms in total. The summed E-state index contributed by atoms with van der Waals surface area (Å²) in [6, 6.07) is 7.61. The number of nitrogens with two attached hydrogens (primary N) is 1. The summed E-state index contributed by atoms with van der Waals surface area (Å²) >= 11 is 7.58. The van der Waals surface area contributed by atoms with Gasteiger partial charge in [0.15, 0.2) is 5.16 Å². The number of imidazole rings is 1. The Labute approximate surface area is 148 Å². The molecule has 0 spiro atoms. The maximum absolute atomic E-state index is 6.07. The lowest BCUT2D eigenvalue weighted by Gasteiger charge is -2.11. The van der Waals surface area contributed by atoms with Crippen LogP contribution in [-0.2, 0) is 5.75 Å². The van der Waals surface area contributed by atoms with Crippen molar-refractivity contribution in [3.8, 4) is 5.69 Å². The van der Waals surface area contributed by atoms with Gasteiger partial charge in [-0.2, -0.15) is 15.0 Å². The predicted octanol–water partition coefficient (Wildman–Crippen LogP) is 2.65. The summed E-state index contributed by atoms with van der Waals surface area (Å²) in [6.45, 7) is 0. The van der Waals surface area contributed by atoms with Crippen molar-refractivity contribution in [1.29, 1.82) is 0 Å². The van der Waals surface area contributed by atoms with Crippen LogP contribution in [-0.4, -0.2) is 38.6 Å². The number of anilines is 2. The molecule has 0 aliphatic carbocycles. The Kier molecular flexibility index (Phi) is 4.86. The second kappa shape index (κ2) is 7.06. The highest BCUT2D eigenvalue weighted by Gasteiger charge is 2.10. The minimum Gasteiger partial charge on any atom is -0.368 e. The summed E-state index contributed by atoms with van der Waals surface area (Å²) in [5.74, 6) is 1.89. The largest absolute Gasteiger partial charge is 0.368 e. The summed E-state index contributed by atoms with van der Waals surface area (Å²) in [5, 5.41) is 1.50. The fourth-order valence-corrected chi connectivity index (χ4v) is 3.05. The van der Waals surface area contributed by atoms with Crippen LogP contribution in [0.4, 0.5) is 11.9 Å². The number of benzene rings is 1. The van der Waals surface area contributed by atoms with Crippen LogP contribution in [0.5, 0.6) is 0 Å².